The molecule has 0 aliphatic carbocycles. The highest BCUT2D eigenvalue weighted by Gasteiger charge is 2.62. The molecule has 1 amide bonds. The van der Waals surface area contributed by atoms with Gasteiger partial charge >= 0.3 is 0 Å². The molecule has 0 radical (unpaired) electrons. The van der Waals surface area contributed by atoms with Crippen molar-refractivity contribution in [3.63, 3.8) is 0 Å². The molecule has 0 aromatic rings. The topological polar surface area (TPSA) is 61.8 Å². The molecule has 1 spiro atoms. The Morgan fingerprint density at radius 3 is 2.10 bits per heavy atom. The maximum absolute atomic E-state index is 13.1. The maximum atomic E-state index is 13.1. The molecule has 2 saturated heterocycles. The van der Waals surface area contributed by atoms with Gasteiger partial charge in [0.1, 0.15) is 5.72 Å². The normalized spacial score (nSPS) is 30.7. The highest BCUT2D eigenvalue weighted by atomic mass is 16.6. The summed E-state index contributed by atoms with van der Waals surface area (Å²) in [4.78, 5) is 14.8. The Balaban J connectivity index is 2.37. The van der Waals surface area contributed by atoms with Gasteiger partial charge in [-0.05, 0) is 48.5 Å². The first kappa shape index (κ1) is 16.7. The van der Waals surface area contributed by atoms with Crippen LogP contribution in [-0.2, 0) is 9.53 Å². The third-order valence-corrected chi connectivity index (χ3v) is 4.31. The zero-order valence-corrected chi connectivity index (χ0v) is 14.4. The Morgan fingerprint density at radius 2 is 1.67 bits per heavy atom. The van der Waals surface area contributed by atoms with E-state index in [2.05, 4.69) is 33.0 Å². The van der Waals surface area contributed by atoms with E-state index in [9.17, 15) is 9.90 Å². The summed E-state index contributed by atoms with van der Waals surface area (Å²) in [5.74, 6) is 0.0102. The second kappa shape index (κ2) is 4.67. The zero-order chi connectivity index (χ0) is 16.3. The van der Waals surface area contributed by atoms with Crippen LogP contribution in [-0.4, -0.2) is 51.0 Å². The molecule has 0 aromatic heterocycles. The van der Waals surface area contributed by atoms with Gasteiger partial charge < -0.3 is 20.1 Å². The number of aliphatic hydroxyl groups excluding tert-OH is 1. The van der Waals surface area contributed by atoms with Crippen molar-refractivity contribution in [2.75, 3.05) is 6.54 Å². The number of nitrogens with zero attached hydrogens (tertiary/aromatic N) is 1. The fraction of sp³-hybridized carbons (Fsp3) is 0.938. The van der Waals surface area contributed by atoms with Crippen LogP contribution in [0.2, 0.25) is 0 Å². The number of hydrogen-bond donors (Lipinski definition) is 2. The number of rotatable bonds is 2. The lowest BCUT2D eigenvalue weighted by Gasteiger charge is -2.50. The molecule has 5 nitrogen and oxygen atoms in total. The van der Waals surface area contributed by atoms with Crippen LogP contribution in [0.1, 0.15) is 61.3 Å². The van der Waals surface area contributed by atoms with E-state index in [0.29, 0.717) is 19.4 Å². The first-order valence-corrected chi connectivity index (χ1v) is 7.78. The van der Waals surface area contributed by atoms with Gasteiger partial charge in [0.05, 0.1) is 6.10 Å². The van der Waals surface area contributed by atoms with Crippen LogP contribution in [0.15, 0.2) is 0 Å². The number of carbonyl (C=O) groups excluding carboxylic acids is 1. The Labute approximate surface area is 128 Å². The first-order valence-electron chi connectivity index (χ1n) is 7.78. The Bertz CT molecular complexity index is 425. The Hall–Kier alpha value is -0.650. The number of piperidine rings is 1. The number of β-amino-alcohol motifs (C(OH)–C–C–N with tert-alkyl or cyclic N) is 1. The van der Waals surface area contributed by atoms with Gasteiger partial charge in [0.2, 0.25) is 0 Å². The maximum Gasteiger partial charge on any atom is 0.257 e. The summed E-state index contributed by atoms with van der Waals surface area (Å²) in [6, 6.07) is 0. The molecule has 21 heavy (non-hydrogen) atoms. The highest BCUT2D eigenvalue weighted by molar-refractivity contribution is 5.88. The smallest absolute Gasteiger partial charge is 0.257 e. The van der Waals surface area contributed by atoms with E-state index in [1.165, 1.54) is 0 Å². The van der Waals surface area contributed by atoms with Crippen molar-refractivity contribution in [1.82, 2.24) is 10.2 Å². The van der Waals surface area contributed by atoms with Gasteiger partial charge in [-0.25, -0.2) is 0 Å². The van der Waals surface area contributed by atoms with Crippen LogP contribution in [0.3, 0.4) is 0 Å². The lowest BCUT2D eigenvalue weighted by molar-refractivity contribution is -0.157. The second-order valence-electron chi connectivity index (χ2n) is 8.55. The summed E-state index contributed by atoms with van der Waals surface area (Å²) in [7, 11) is 0. The molecule has 2 aliphatic heterocycles. The van der Waals surface area contributed by atoms with E-state index in [1.54, 1.807) is 11.8 Å². The zero-order valence-electron chi connectivity index (χ0n) is 14.4. The van der Waals surface area contributed by atoms with Crippen molar-refractivity contribution < 1.29 is 14.6 Å². The van der Waals surface area contributed by atoms with E-state index in [-0.39, 0.29) is 17.0 Å². The van der Waals surface area contributed by atoms with Crippen molar-refractivity contribution in [3.05, 3.63) is 0 Å². The molecule has 2 aliphatic rings. The predicted molar refractivity (Wildman–Crippen MR) is 81.8 cm³/mol. The third kappa shape index (κ3) is 3.10. The van der Waals surface area contributed by atoms with Crippen LogP contribution >= 0.6 is 0 Å². The van der Waals surface area contributed by atoms with Gasteiger partial charge in [-0.1, -0.05) is 0 Å². The molecule has 2 N–H and O–H groups in total. The quantitative estimate of drug-likeness (QED) is 0.813. The van der Waals surface area contributed by atoms with Crippen LogP contribution in [0, 0.1) is 0 Å². The SMILES string of the molecule is CC(O)CN1C(=O)C2(CC(C)(C)NC(C)(C)C2)OC1(C)C. The van der Waals surface area contributed by atoms with Crippen molar-refractivity contribution in [2.24, 2.45) is 0 Å². The van der Waals surface area contributed by atoms with Gasteiger partial charge in [-0.15, -0.1) is 0 Å². The molecule has 2 heterocycles. The Morgan fingerprint density at radius 1 is 1.19 bits per heavy atom. The van der Waals surface area contributed by atoms with Crippen molar-refractivity contribution in [2.45, 2.75) is 89.8 Å². The molecule has 1 unspecified atom stereocenters. The summed E-state index contributed by atoms with van der Waals surface area (Å²) < 4.78 is 6.30. The number of carbonyl (C=O) groups is 1. The summed E-state index contributed by atoms with van der Waals surface area (Å²) in [6.07, 6.45) is 0.721. The van der Waals surface area contributed by atoms with Gasteiger partial charge in [0.25, 0.3) is 5.91 Å². The largest absolute Gasteiger partial charge is 0.392 e. The number of ether oxygens (including phenoxy) is 1. The second-order valence-corrected chi connectivity index (χ2v) is 8.55. The predicted octanol–water partition coefficient (Wildman–Crippen LogP) is 1.64. The van der Waals surface area contributed by atoms with Crippen molar-refractivity contribution in [3.8, 4) is 0 Å². The summed E-state index contributed by atoms with van der Waals surface area (Å²) in [6.45, 7) is 14.3. The van der Waals surface area contributed by atoms with Gasteiger partial charge in [0, 0.05) is 30.5 Å². The van der Waals surface area contributed by atoms with Gasteiger partial charge in [0.15, 0.2) is 5.60 Å². The van der Waals surface area contributed by atoms with E-state index in [0.717, 1.165) is 0 Å². The third-order valence-electron chi connectivity index (χ3n) is 4.31. The molecule has 5 heteroatoms. The number of nitrogens with one attached hydrogen (secondary N) is 1. The van der Waals surface area contributed by atoms with E-state index in [1.807, 2.05) is 13.8 Å². The van der Waals surface area contributed by atoms with E-state index in [4.69, 9.17) is 4.74 Å². The molecule has 0 aromatic carbocycles. The van der Waals surface area contributed by atoms with E-state index < -0.39 is 17.4 Å². The van der Waals surface area contributed by atoms with Crippen LogP contribution in [0.4, 0.5) is 0 Å². The fourth-order valence-electron chi connectivity index (χ4n) is 4.35. The Kier molecular flexibility index (Phi) is 3.72. The summed E-state index contributed by atoms with van der Waals surface area (Å²) in [5, 5.41) is 13.3. The number of amides is 1. The number of aliphatic hydroxyl groups is 1. The fourth-order valence-corrected chi connectivity index (χ4v) is 4.35. The van der Waals surface area contributed by atoms with Crippen molar-refractivity contribution >= 4 is 5.91 Å². The summed E-state index contributed by atoms with van der Waals surface area (Å²) in [5.41, 5.74) is -1.82. The molecule has 1 atom stereocenters. The molecule has 0 saturated carbocycles. The molecular formula is C16H30N2O3. The van der Waals surface area contributed by atoms with Crippen LogP contribution in [0.25, 0.3) is 0 Å². The molecule has 122 valence electrons. The minimum absolute atomic E-state index is 0.0102. The molecule has 2 fully saturated rings. The van der Waals surface area contributed by atoms with Gasteiger partial charge in [-0.2, -0.15) is 0 Å². The summed E-state index contributed by atoms with van der Waals surface area (Å²) >= 11 is 0. The standard InChI is InChI=1S/C16H30N2O3/c1-11(19)8-18-12(20)16(21-15(18,6)7)9-13(2,3)17-14(4,5)10-16/h11,17,19H,8-10H2,1-7H3. The number of hydrogen-bond acceptors (Lipinski definition) is 4. The minimum atomic E-state index is -0.795. The van der Waals surface area contributed by atoms with Crippen LogP contribution in [0.5, 0.6) is 0 Å². The molecule has 2 rings (SSSR count). The lowest BCUT2D eigenvalue weighted by Crippen LogP contribution is -2.65. The van der Waals surface area contributed by atoms with Gasteiger partial charge in [-0.3, -0.25) is 4.79 Å². The van der Waals surface area contributed by atoms with E-state index >= 15 is 0 Å². The monoisotopic (exact) mass is 298 g/mol. The average molecular weight is 298 g/mol. The van der Waals surface area contributed by atoms with Crippen LogP contribution < -0.4 is 5.32 Å². The average Bonchev–Trinajstić information content (AvgIpc) is 2.32. The first-order chi connectivity index (χ1) is 9.29. The lowest BCUT2D eigenvalue weighted by atomic mass is 9.72. The molecule has 0 bridgehead atoms. The minimum Gasteiger partial charge on any atom is -0.392 e. The van der Waals surface area contributed by atoms with Crippen molar-refractivity contribution in [1.29, 1.82) is 0 Å². The highest BCUT2D eigenvalue weighted by Crippen LogP contribution is 2.47. The molecular weight excluding hydrogens is 268 g/mol.